The Morgan fingerprint density at radius 3 is 2.65 bits per heavy atom. The zero-order chi connectivity index (χ0) is 22.3. The van der Waals surface area contributed by atoms with E-state index in [2.05, 4.69) is 27.7 Å². The fourth-order valence-electron chi connectivity index (χ4n) is 7.48. The molecule has 0 saturated heterocycles. The molecule has 4 aliphatic rings. The van der Waals surface area contributed by atoms with Crippen LogP contribution in [-0.4, -0.2) is 28.8 Å². The highest BCUT2D eigenvalue weighted by Crippen LogP contribution is 2.67. The topological polar surface area (TPSA) is 82.1 Å². The van der Waals surface area contributed by atoms with Crippen molar-refractivity contribution >= 4 is 11.9 Å². The minimum Gasteiger partial charge on any atom is -0.508 e. The zero-order valence-electron chi connectivity index (χ0n) is 19.0. The Kier molecular flexibility index (Phi) is 4.26. The van der Waals surface area contributed by atoms with Crippen molar-refractivity contribution in [2.45, 2.75) is 85.0 Å². The number of phenolic OH excluding ortho intramolecular Hbond substituents is 1. The zero-order valence-corrected chi connectivity index (χ0v) is 19.0. The smallest absolute Gasteiger partial charge is 0.339 e. The number of esters is 2. The van der Waals surface area contributed by atoms with Gasteiger partial charge in [0.15, 0.2) is 0 Å². The van der Waals surface area contributed by atoms with Gasteiger partial charge in [-0.25, -0.2) is 4.79 Å². The maximum Gasteiger partial charge on any atom is 0.339 e. The van der Waals surface area contributed by atoms with Crippen LogP contribution in [0.15, 0.2) is 6.07 Å². The van der Waals surface area contributed by atoms with Gasteiger partial charge >= 0.3 is 11.9 Å². The number of fused-ring (bicyclic) bond motifs is 5. The fourth-order valence-corrected chi connectivity index (χ4v) is 7.48. The summed E-state index contributed by atoms with van der Waals surface area (Å²) < 4.78 is 17.9. The Morgan fingerprint density at radius 1 is 1.19 bits per heavy atom. The van der Waals surface area contributed by atoms with Crippen LogP contribution in [-0.2, 0) is 27.3 Å². The van der Waals surface area contributed by atoms with Gasteiger partial charge < -0.3 is 19.3 Å². The highest BCUT2D eigenvalue weighted by atomic mass is 16.5. The maximum absolute atomic E-state index is 12.1. The predicted octanol–water partition coefficient (Wildman–Crippen LogP) is 4.54. The third-order valence-corrected chi connectivity index (χ3v) is 9.14. The van der Waals surface area contributed by atoms with Gasteiger partial charge in [0.25, 0.3) is 0 Å². The van der Waals surface area contributed by atoms with Crippen molar-refractivity contribution < 1.29 is 28.9 Å². The number of rotatable bonds is 1. The number of benzene rings is 1. The van der Waals surface area contributed by atoms with Gasteiger partial charge in [0.05, 0.1) is 5.56 Å². The largest absolute Gasteiger partial charge is 0.508 e. The van der Waals surface area contributed by atoms with Gasteiger partial charge in [-0.3, -0.25) is 4.79 Å². The van der Waals surface area contributed by atoms with Crippen molar-refractivity contribution in [1.82, 2.24) is 0 Å². The number of ether oxygens (including phenoxy) is 3. The third-order valence-electron chi connectivity index (χ3n) is 9.14. The predicted molar refractivity (Wildman–Crippen MR) is 113 cm³/mol. The Labute approximate surface area is 183 Å². The molecule has 31 heavy (non-hydrogen) atoms. The van der Waals surface area contributed by atoms with Gasteiger partial charge in [-0.2, -0.15) is 0 Å². The van der Waals surface area contributed by atoms with Crippen molar-refractivity contribution in [3.63, 3.8) is 0 Å². The van der Waals surface area contributed by atoms with E-state index in [1.807, 2.05) is 0 Å². The molecule has 5 rings (SSSR count). The summed E-state index contributed by atoms with van der Waals surface area (Å²) in [6, 6.07) is 1.54. The average Bonchev–Trinajstić information content (AvgIpc) is 3.26. The molecular weight excluding hydrogens is 396 g/mol. The van der Waals surface area contributed by atoms with Gasteiger partial charge in [-0.1, -0.05) is 27.7 Å². The number of hydrogen-bond acceptors (Lipinski definition) is 6. The summed E-state index contributed by atoms with van der Waals surface area (Å²) in [5.74, 6) is 0.730. The normalized spacial score (nSPS) is 37.5. The molecule has 1 aromatic rings. The minimum absolute atomic E-state index is 0.110. The monoisotopic (exact) mass is 428 g/mol. The third kappa shape index (κ3) is 2.56. The van der Waals surface area contributed by atoms with Crippen molar-refractivity contribution in [2.24, 2.45) is 22.7 Å². The number of aromatic hydroxyl groups is 1. The average molecular weight is 429 g/mol. The summed E-state index contributed by atoms with van der Waals surface area (Å²) in [7, 11) is 0. The van der Waals surface area contributed by atoms with Crippen LogP contribution in [0.25, 0.3) is 0 Å². The number of hydrogen-bond donors (Lipinski definition) is 1. The van der Waals surface area contributed by atoms with Crippen LogP contribution < -0.4 is 4.74 Å². The first-order chi connectivity index (χ1) is 14.5. The molecule has 168 valence electrons. The Hall–Kier alpha value is -2.24. The van der Waals surface area contributed by atoms with Gasteiger partial charge in [-0.05, 0) is 43.6 Å². The molecule has 2 heterocycles. The van der Waals surface area contributed by atoms with Gasteiger partial charge in [0.1, 0.15) is 29.8 Å². The SMILES string of the molecule is CC(=O)O[C@@H]1CC[C@@]2(C)[C@@H](CC[C@H](C)[C@]23Cc2c(O)cc4c(c2O3)COC4=O)C1(C)C. The Morgan fingerprint density at radius 2 is 1.94 bits per heavy atom. The van der Waals surface area contributed by atoms with Gasteiger partial charge in [0, 0.05) is 35.3 Å². The molecule has 1 spiro atoms. The van der Waals surface area contributed by atoms with Crippen molar-refractivity contribution in [3.05, 3.63) is 22.8 Å². The van der Waals surface area contributed by atoms with Crippen LogP contribution in [0.4, 0.5) is 0 Å². The Balaban J connectivity index is 1.59. The summed E-state index contributed by atoms with van der Waals surface area (Å²) in [6.45, 7) is 10.7. The number of cyclic esters (lactones) is 1. The molecule has 1 aromatic carbocycles. The summed E-state index contributed by atoms with van der Waals surface area (Å²) >= 11 is 0. The first-order valence-corrected chi connectivity index (χ1v) is 11.4. The molecule has 0 amide bonds. The summed E-state index contributed by atoms with van der Waals surface area (Å²) in [6.07, 6.45) is 4.24. The number of carbonyl (C=O) groups excluding carboxylic acids is 2. The standard InChI is InChI=1S/C25H32O6/c1-13-6-7-19-23(3,4)20(30-14(2)26)8-9-24(19,5)25(13)11-16-18(27)10-15-17(21(16)31-25)12-29-22(15)28/h10,13,19-20,27H,6-9,11-12H2,1-5H3/t13-,19-,20+,24-,25+/m0/s1. The lowest BCUT2D eigenvalue weighted by molar-refractivity contribution is -0.218. The summed E-state index contributed by atoms with van der Waals surface area (Å²) in [5.41, 5.74) is 1.15. The lowest BCUT2D eigenvalue weighted by atomic mass is 9.43. The van der Waals surface area contributed by atoms with Crippen molar-refractivity contribution in [3.8, 4) is 11.5 Å². The minimum atomic E-state index is -0.477. The van der Waals surface area contributed by atoms with E-state index in [-0.39, 0.29) is 41.2 Å². The summed E-state index contributed by atoms with van der Waals surface area (Å²) in [4.78, 5) is 23.9. The highest BCUT2D eigenvalue weighted by molar-refractivity contribution is 5.95. The molecule has 0 unspecified atom stereocenters. The fraction of sp³-hybridized carbons (Fsp3) is 0.680. The van der Waals surface area contributed by atoms with Gasteiger partial charge in [0.2, 0.25) is 0 Å². The molecule has 6 nitrogen and oxygen atoms in total. The molecule has 1 N–H and O–H groups in total. The van der Waals surface area contributed by atoms with Crippen LogP contribution in [0.3, 0.4) is 0 Å². The second-order valence-corrected chi connectivity index (χ2v) is 10.9. The van der Waals surface area contributed by atoms with E-state index >= 15 is 0 Å². The number of carbonyl (C=O) groups is 2. The lowest BCUT2D eigenvalue weighted by Gasteiger charge is -2.64. The van der Waals surface area contributed by atoms with Crippen LogP contribution in [0.1, 0.15) is 81.8 Å². The van der Waals surface area contributed by atoms with Crippen LogP contribution in [0.5, 0.6) is 11.5 Å². The quantitative estimate of drug-likeness (QED) is 0.662. The molecule has 0 radical (unpaired) electrons. The van der Waals surface area contributed by atoms with E-state index in [4.69, 9.17) is 14.2 Å². The second kappa shape index (κ2) is 6.39. The van der Waals surface area contributed by atoms with Gasteiger partial charge in [-0.15, -0.1) is 0 Å². The first kappa shape index (κ1) is 20.7. The Bertz CT molecular complexity index is 981. The number of phenols is 1. The molecule has 2 saturated carbocycles. The highest BCUT2D eigenvalue weighted by Gasteiger charge is 2.67. The summed E-state index contributed by atoms with van der Waals surface area (Å²) in [5, 5.41) is 10.8. The van der Waals surface area contributed by atoms with Crippen LogP contribution in [0.2, 0.25) is 0 Å². The molecule has 0 bridgehead atoms. The van der Waals surface area contributed by atoms with E-state index in [9.17, 15) is 14.7 Å². The van der Waals surface area contributed by atoms with E-state index in [1.165, 1.54) is 6.92 Å². The van der Waals surface area contributed by atoms with Crippen molar-refractivity contribution in [1.29, 1.82) is 0 Å². The maximum atomic E-state index is 12.1. The molecule has 6 heteroatoms. The second-order valence-electron chi connectivity index (χ2n) is 10.9. The van der Waals surface area contributed by atoms with Crippen molar-refractivity contribution in [2.75, 3.05) is 0 Å². The molecule has 5 atom stereocenters. The van der Waals surface area contributed by atoms with Crippen LogP contribution >= 0.6 is 0 Å². The molecule has 0 aromatic heterocycles. The molecule has 2 fully saturated rings. The molecule has 2 aliphatic heterocycles. The van der Waals surface area contributed by atoms with E-state index in [1.54, 1.807) is 6.07 Å². The van der Waals surface area contributed by atoms with E-state index in [0.717, 1.165) is 36.8 Å². The first-order valence-electron chi connectivity index (χ1n) is 11.4. The van der Waals surface area contributed by atoms with E-state index < -0.39 is 11.6 Å². The molecule has 2 aliphatic carbocycles. The lowest BCUT2D eigenvalue weighted by Crippen LogP contribution is -2.67. The van der Waals surface area contributed by atoms with Crippen LogP contribution in [0, 0.1) is 22.7 Å². The molecular formula is C25H32O6. The van der Waals surface area contributed by atoms with E-state index in [0.29, 0.717) is 23.7 Å².